The number of hydrogen-bond donors (Lipinski definition) is 1. The Kier molecular flexibility index (Phi) is 6.72. The van der Waals surface area contributed by atoms with E-state index < -0.39 is 10.9 Å². The highest BCUT2D eigenvalue weighted by Gasteiger charge is 2.17. The van der Waals surface area contributed by atoms with Crippen molar-refractivity contribution >= 4 is 17.6 Å². The third kappa shape index (κ3) is 5.64. The molecule has 0 atom stereocenters. The maximum Gasteiger partial charge on any atom is 0.338 e. The second-order valence-electron chi connectivity index (χ2n) is 5.99. The van der Waals surface area contributed by atoms with E-state index in [1.807, 2.05) is 0 Å². The summed E-state index contributed by atoms with van der Waals surface area (Å²) < 4.78 is 4.95. The number of ether oxygens (including phenoxy) is 1. The van der Waals surface area contributed by atoms with Crippen molar-refractivity contribution in [2.24, 2.45) is 0 Å². The molecule has 0 spiro atoms. The molecule has 130 valence electrons. The van der Waals surface area contributed by atoms with Crippen LogP contribution in [0, 0.1) is 10.1 Å². The molecule has 0 heterocycles. The molecule has 0 aliphatic heterocycles. The number of rotatable bonds is 5. The number of hydrogen-bond acceptors (Lipinski definition) is 5. The molecule has 7 heteroatoms. The van der Waals surface area contributed by atoms with Gasteiger partial charge in [0, 0.05) is 18.2 Å². The standard InChI is InChI=1S/C17H22N2O5/c20-16(18-14-8-4-2-1-3-5-9-14)12-24-17(21)13-7-6-10-15(11-13)19(22)23/h6-7,10-11,14H,1-5,8-9,12H2,(H,18,20). The fraction of sp³-hybridized carbons (Fsp3) is 0.529. The zero-order chi connectivity index (χ0) is 17.4. The number of nitrogens with one attached hydrogen (secondary N) is 1. The van der Waals surface area contributed by atoms with Crippen LogP contribution in [-0.2, 0) is 9.53 Å². The first kappa shape index (κ1) is 17.9. The van der Waals surface area contributed by atoms with Gasteiger partial charge in [-0.25, -0.2) is 4.79 Å². The number of nitrogens with zero attached hydrogens (tertiary/aromatic N) is 1. The number of nitro groups is 1. The minimum Gasteiger partial charge on any atom is -0.452 e. The van der Waals surface area contributed by atoms with Crippen LogP contribution in [0.1, 0.15) is 55.3 Å². The van der Waals surface area contributed by atoms with Crippen molar-refractivity contribution in [1.29, 1.82) is 0 Å². The Balaban J connectivity index is 1.81. The van der Waals surface area contributed by atoms with Gasteiger partial charge in [-0.05, 0) is 18.9 Å². The second-order valence-corrected chi connectivity index (χ2v) is 5.99. The van der Waals surface area contributed by atoms with E-state index in [4.69, 9.17) is 4.74 Å². The molecule has 0 radical (unpaired) electrons. The van der Waals surface area contributed by atoms with E-state index in [1.54, 1.807) is 0 Å². The molecule has 0 saturated heterocycles. The molecule has 1 aromatic carbocycles. The Labute approximate surface area is 140 Å². The monoisotopic (exact) mass is 334 g/mol. The van der Waals surface area contributed by atoms with Gasteiger partial charge in [0.15, 0.2) is 6.61 Å². The summed E-state index contributed by atoms with van der Waals surface area (Å²) in [6.07, 6.45) is 7.72. The zero-order valence-electron chi connectivity index (χ0n) is 13.5. The van der Waals surface area contributed by atoms with E-state index in [0.29, 0.717) is 0 Å². The molecule has 1 aliphatic rings. The van der Waals surface area contributed by atoms with Crippen LogP contribution in [0.4, 0.5) is 5.69 Å². The third-order valence-electron chi connectivity index (χ3n) is 4.10. The highest BCUT2D eigenvalue weighted by Crippen LogP contribution is 2.17. The van der Waals surface area contributed by atoms with Crippen molar-refractivity contribution in [1.82, 2.24) is 5.32 Å². The predicted octanol–water partition coefficient (Wildman–Crippen LogP) is 2.98. The molecular formula is C17H22N2O5. The molecule has 1 amide bonds. The molecule has 2 rings (SSSR count). The van der Waals surface area contributed by atoms with Gasteiger partial charge in [0.05, 0.1) is 10.5 Å². The summed E-state index contributed by atoms with van der Waals surface area (Å²) in [5, 5.41) is 13.6. The van der Waals surface area contributed by atoms with Crippen LogP contribution in [0.3, 0.4) is 0 Å². The first-order valence-corrected chi connectivity index (χ1v) is 8.27. The number of nitro benzene ring substituents is 1. The number of non-ortho nitro benzene ring substituents is 1. The molecule has 1 aromatic rings. The van der Waals surface area contributed by atoms with E-state index in [9.17, 15) is 19.7 Å². The van der Waals surface area contributed by atoms with Gasteiger partial charge >= 0.3 is 5.97 Å². The number of amides is 1. The largest absolute Gasteiger partial charge is 0.452 e. The predicted molar refractivity (Wildman–Crippen MR) is 87.6 cm³/mol. The van der Waals surface area contributed by atoms with Crippen molar-refractivity contribution in [3.63, 3.8) is 0 Å². The van der Waals surface area contributed by atoms with Crippen LogP contribution >= 0.6 is 0 Å². The fourth-order valence-corrected chi connectivity index (χ4v) is 2.83. The van der Waals surface area contributed by atoms with E-state index >= 15 is 0 Å². The van der Waals surface area contributed by atoms with E-state index in [1.165, 1.54) is 37.5 Å². The Morgan fingerprint density at radius 3 is 2.50 bits per heavy atom. The maximum atomic E-state index is 11.9. The van der Waals surface area contributed by atoms with Gasteiger partial charge in [0.25, 0.3) is 11.6 Å². The van der Waals surface area contributed by atoms with Crippen LogP contribution in [0.15, 0.2) is 24.3 Å². The molecule has 1 N–H and O–H groups in total. The summed E-state index contributed by atoms with van der Waals surface area (Å²) in [6.45, 7) is -0.377. The normalized spacial score (nSPS) is 15.8. The SMILES string of the molecule is O=C(COC(=O)c1cccc([N+](=O)[O-])c1)NC1CCCCCCC1. The molecule has 0 unspecified atom stereocenters. The summed E-state index contributed by atoms with van der Waals surface area (Å²) in [5.41, 5.74) is -0.133. The van der Waals surface area contributed by atoms with Crippen LogP contribution in [-0.4, -0.2) is 29.4 Å². The number of benzene rings is 1. The van der Waals surface area contributed by atoms with Gasteiger partial charge < -0.3 is 10.1 Å². The zero-order valence-corrected chi connectivity index (χ0v) is 13.5. The summed E-state index contributed by atoms with van der Waals surface area (Å²) in [7, 11) is 0. The average Bonchev–Trinajstić information content (AvgIpc) is 2.55. The summed E-state index contributed by atoms with van der Waals surface area (Å²) in [4.78, 5) is 33.9. The minimum absolute atomic E-state index is 0.0583. The van der Waals surface area contributed by atoms with Crippen LogP contribution in [0.2, 0.25) is 0 Å². The van der Waals surface area contributed by atoms with Crippen LogP contribution in [0.5, 0.6) is 0 Å². The lowest BCUT2D eigenvalue weighted by Gasteiger charge is -2.20. The van der Waals surface area contributed by atoms with Gasteiger partial charge in [-0.3, -0.25) is 14.9 Å². The van der Waals surface area contributed by atoms with Crippen LogP contribution in [0.25, 0.3) is 0 Å². The minimum atomic E-state index is -0.744. The molecule has 24 heavy (non-hydrogen) atoms. The molecule has 0 aromatic heterocycles. The van der Waals surface area contributed by atoms with Crippen molar-refractivity contribution < 1.29 is 19.2 Å². The van der Waals surface area contributed by atoms with Crippen LogP contribution < -0.4 is 5.32 Å². The third-order valence-corrected chi connectivity index (χ3v) is 4.10. The van der Waals surface area contributed by atoms with Crippen molar-refractivity contribution in [3.8, 4) is 0 Å². The quantitative estimate of drug-likeness (QED) is 0.507. The van der Waals surface area contributed by atoms with E-state index in [-0.39, 0.29) is 29.8 Å². The van der Waals surface area contributed by atoms with Gasteiger partial charge in [-0.2, -0.15) is 0 Å². The van der Waals surface area contributed by atoms with E-state index in [0.717, 1.165) is 31.7 Å². The van der Waals surface area contributed by atoms with Gasteiger partial charge in [0.2, 0.25) is 0 Å². The maximum absolute atomic E-state index is 11.9. The summed E-state index contributed by atoms with van der Waals surface area (Å²) >= 11 is 0. The lowest BCUT2D eigenvalue weighted by Crippen LogP contribution is -2.38. The van der Waals surface area contributed by atoms with Crippen molar-refractivity contribution in [3.05, 3.63) is 39.9 Å². The Morgan fingerprint density at radius 1 is 1.17 bits per heavy atom. The lowest BCUT2D eigenvalue weighted by molar-refractivity contribution is -0.384. The van der Waals surface area contributed by atoms with E-state index in [2.05, 4.69) is 5.32 Å². The molecule has 0 bridgehead atoms. The van der Waals surface area contributed by atoms with Crippen molar-refractivity contribution in [2.45, 2.75) is 51.0 Å². The molecule has 1 fully saturated rings. The Bertz CT molecular complexity index is 594. The second kappa shape index (κ2) is 9.00. The molecular weight excluding hydrogens is 312 g/mol. The number of carbonyl (C=O) groups is 2. The highest BCUT2D eigenvalue weighted by atomic mass is 16.6. The first-order valence-electron chi connectivity index (χ1n) is 8.27. The highest BCUT2D eigenvalue weighted by molar-refractivity contribution is 5.91. The van der Waals surface area contributed by atoms with Gasteiger partial charge in [0.1, 0.15) is 0 Å². The van der Waals surface area contributed by atoms with Gasteiger partial charge in [-0.1, -0.05) is 38.2 Å². The lowest BCUT2D eigenvalue weighted by atomic mass is 9.97. The average molecular weight is 334 g/mol. The van der Waals surface area contributed by atoms with Gasteiger partial charge in [-0.15, -0.1) is 0 Å². The molecule has 7 nitrogen and oxygen atoms in total. The summed E-state index contributed by atoms with van der Waals surface area (Å²) in [5.74, 6) is -1.08. The number of esters is 1. The number of carbonyl (C=O) groups excluding carboxylic acids is 2. The topological polar surface area (TPSA) is 98.5 Å². The Morgan fingerprint density at radius 2 is 1.83 bits per heavy atom. The fourth-order valence-electron chi connectivity index (χ4n) is 2.83. The Hall–Kier alpha value is -2.44. The summed E-state index contributed by atoms with van der Waals surface area (Å²) in [6, 6.07) is 5.38. The smallest absolute Gasteiger partial charge is 0.338 e. The first-order chi connectivity index (χ1) is 11.6. The molecule has 1 saturated carbocycles. The van der Waals surface area contributed by atoms with Crippen molar-refractivity contribution in [2.75, 3.05) is 6.61 Å². The molecule has 1 aliphatic carbocycles.